The maximum Gasteiger partial charge on any atom is 0.243 e. The van der Waals surface area contributed by atoms with Crippen molar-refractivity contribution in [2.75, 3.05) is 7.05 Å². The molecular formula is C12H19NO3S. The van der Waals surface area contributed by atoms with Crippen LogP contribution in [0, 0.1) is 0 Å². The van der Waals surface area contributed by atoms with Gasteiger partial charge in [0.2, 0.25) is 10.0 Å². The Morgan fingerprint density at radius 2 is 1.65 bits per heavy atom. The molecule has 1 aromatic carbocycles. The number of hydrogen-bond acceptors (Lipinski definition) is 3. The van der Waals surface area contributed by atoms with Crippen LogP contribution in [0.3, 0.4) is 0 Å². The summed E-state index contributed by atoms with van der Waals surface area (Å²) >= 11 is 0. The van der Waals surface area contributed by atoms with E-state index in [1.54, 1.807) is 7.05 Å². The molecule has 1 aromatic rings. The average Bonchev–Trinajstić information content (AvgIpc) is 2.31. The van der Waals surface area contributed by atoms with Gasteiger partial charge in [-0.1, -0.05) is 13.8 Å². The molecule has 0 heterocycles. The van der Waals surface area contributed by atoms with Crippen molar-refractivity contribution in [1.29, 1.82) is 0 Å². The van der Waals surface area contributed by atoms with E-state index in [0.29, 0.717) is 0 Å². The topological polar surface area (TPSA) is 57.6 Å². The first kappa shape index (κ1) is 14.0. The number of rotatable bonds is 5. The molecular weight excluding hydrogens is 238 g/mol. The van der Waals surface area contributed by atoms with Gasteiger partial charge in [-0.2, -0.15) is 4.31 Å². The summed E-state index contributed by atoms with van der Waals surface area (Å²) in [5.41, 5.74) is 0. The molecule has 0 aliphatic heterocycles. The van der Waals surface area contributed by atoms with Crippen LogP contribution in [0.5, 0.6) is 5.75 Å². The number of aromatic hydroxyl groups is 1. The number of benzene rings is 1. The Bertz CT molecular complexity index is 449. The predicted molar refractivity (Wildman–Crippen MR) is 67.4 cm³/mol. The number of hydrogen-bond donors (Lipinski definition) is 1. The van der Waals surface area contributed by atoms with E-state index in [4.69, 9.17) is 5.11 Å². The SMILES string of the molecule is CCC(CC)N(C)S(=O)(=O)c1ccc(O)cc1. The van der Waals surface area contributed by atoms with E-state index in [0.717, 1.165) is 12.8 Å². The Hall–Kier alpha value is -1.07. The minimum Gasteiger partial charge on any atom is -0.508 e. The summed E-state index contributed by atoms with van der Waals surface area (Å²) in [6.07, 6.45) is 1.56. The molecule has 0 aliphatic carbocycles. The van der Waals surface area contributed by atoms with E-state index in [1.807, 2.05) is 13.8 Å². The maximum absolute atomic E-state index is 12.2. The molecule has 0 saturated heterocycles. The smallest absolute Gasteiger partial charge is 0.243 e. The molecule has 0 fully saturated rings. The molecule has 96 valence electrons. The van der Waals surface area contributed by atoms with Gasteiger partial charge in [0.1, 0.15) is 5.75 Å². The number of phenolic OH excluding ortho intramolecular Hbond substituents is 1. The molecule has 0 radical (unpaired) electrons. The van der Waals surface area contributed by atoms with Gasteiger partial charge in [-0.05, 0) is 37.1 Å². The molecule has 0 aliphatic rings. The Balaban J connectivity index is 3.06. The van der Waals surface area contributed by atoms with E-state index >= 15 is 0 Å². The molecule has 0 saturated carbocycles. The molecule has 0 aromatic heterocycles. The molecule has 4 nitrogen and oxygen atoms in total. The van der Waals surface area contributed by atoms with Gasteiger partial charge in [-0.3, -0.25) is 0 Å². The van der Waals surface area contributed by atoms with Crippen LogP contribution < -0.4 is 0 Å². The van der Waals surface area contributed by atoms with Crippen molar-refractivity contribution in [3.05, 3.63) is 24.3 Å². The molecule has 1 N–H and O–H groups in total. The molecule has 0 spiro atoms. The largest absolute Gasteiger partial charge is 0.508 e. The van der Waals surface area contributed by atoms with Crippen molar-refractivity contribution in [2.24, 2.45) is 0 Å². The van der Waals surface area contributed by atoms with Crippen LogP contribution in [0.1, 0.15) is 26.7 Å². The number of sulfonamides is 1. The molecule has 0 amide bonds. The van der Waals surface area contributed by atoms with Gasteiger partial charge < -0.3 is 5.11 Å². The lowest BCUT2D eigenvalue weighted by Crippen LogP contribution is -2.36. The third-order valence-corrected chi connectivity index (χ3v) is 4.89. The fourth-order valence-electron chi connectivity index (χ4n) is 1.78. The van der Waals surface area contributed by atoms with Gasteiger partial charge in [0, 0.05) is 13.1 Å². The van der Waals surface area contributed by atoms with E-state index < -0.39 is 10.0 Å². The van der Waals surface area contributed by atoms with Crippen LogP contribution in [-0.2, 0) is 10.0 Å². The second-order valence-electron chi connectivity index (χ2n) is 3.99. The summed E-state index contributed by atoms with van der Waals surface area (Å²) in [6, 6.07) is 5.61. The molecule has 5 heteroatoms. The highest BCUT2D eigenvalue weighted by molar-refractivity contribution is 7.89. The zero-order valence-corrected chi connectivity index (χ0v) is 11.2. The third kappa shape index (κ3) is 2.98. The van der Waals surface area contributed by atoms with Gasteiger partial charge in [-0.25, -0.2) is 8.42 Å². The third-order valence-electron chi connectivity index (χ3n) is 2.97. The highest BCUT2D eigenvalue weighted by Gasteiger charge is 2.25. The minimum absolute atomic E-state index is 0.00815. The van der Waals surface area contributed by atoms with Crippen molar-refractivity contribution in [3.63, 3.8) is 0 Å². The first-order valence-corrected chi connectivity index (χ1v) is 7.14. The van der Waals surface area contributed by atoms with Crippen LogP contribution in [0.4, 0.5) is 0 Å². The first-order valence-electron chi connectivity index (χ1n) is 5.70. The van der Waals surface area contributed by atoms with E-state index in [1.165, 1.54) is 28.6 Å². The summed E-state index contributed by atoms with van der Waals surface area (Å²) in [5.74, 6) is 0.0640. The fraction of sp³-hybridized carbons (Fsp3) is 0.500. The monoisotopic (exact) mass is 257 g/mol. The number of phenols is 1. The highest BCUT2D eigenvalue weighted by atomic mass is 32.2. The van der Waals surface area contributed by atoms with Gasteiger partial charge in [0.05, 0.1) is 4.90 Å². The van der Waals surface area contributed by atoms with Crippen molar-refractivity contribution in [1.82, 2.24) is 4.31 Å². The first-order chi connectivity index (χ1) is 7.93. The molecule has 17 heavy (non-hydrogen) atoms. The lowest BCUT2D eigenvalue weighted by atomic mass is 10.2. The Labute approximate surface area is 103 Å². The molecule has 0 atom stereocenters. The van der Waals surface area contributed by atoms with Crippen LogP contribution >= 0.6 is 0 Å². The summed E-state index contributed by atoms with van der Waals surface area (Å²) in [4.78, 5) is 0.213. The lowest BCUT2D eigenvalue weighted by Gasteiger charge is -2.25. The van der Waals surface area contributed by atoms with Crippen LogP contribution in [0.2, 0.25) is 0 Å². The van der Waals surface area contributed by atoms with Crippen molar-refractivity contribution in [3.8, 4) is 5.75 Å². The van der Waals surface area contributed by atoms with E-state index in [2.05, 4.69) is 0 Å². The Kier molecular flexibility index (Phi) is 4.54. The van der Waals surface area contributed by atoms with Gasteiger partial charge in [0.25, 0.3) is 0 Å². The lowest BCUT2D eigenvalue weighted by molar-refractivity contribution is 0.349. The van der Waals surface area contributed by atoms with Crippen molar-refractivity contribution in [2.45, 2.75) is 37.6 Å². The van der Waals surface area contributed by atoms with Crippen LogP contribution in [0.15, 0.2) is 29.2 Å². The van der Waals surface area contributed by atoms with Crippen molar-refractivity contribution < 1.29 is 13.5 Å². The predicted octanol–water partition coefficient (Wildman–Crippen LogP) is 2.20. The average molecular weight is 257 g/mol. The van der Waals surface area contributed by atoms with Gasteiger partial charge in [-0.15, -0.1) is 0 Å². The second kappa shape index (κ2) is 5.51. The quantitative estimate of drug-likeness (QED) is 0.879. The Morgan fingerprint density at radius 3 is 2.06 bits per heavy atom. The number of nitrogens with zero attached hydrogens (tertiary/aromatic N) is 1. The van der Waals surface area contributed by atoms with E-state index in [9.17, 15) is 8.42 Å². The summed E-state index contributed by atoms with van der Waals surface area (Å²) in [6.45, 7) is 3.94. The van der Waals surface area contributed by atoms with Gasteiger partial charge >= 0.3 is 0 Å². The molecule has 0 unspecified atom stereocenters. The summed E-state index contributed by atoms with van der Waals surface area (Å²) < 4.78 is 25.9. The molecule has 1 rings (SSSR count). The normalized spacial score (nSPS) is 12.3. The minimum atomic E-state index is -3.46. The maximum atomic E-state index is 12.2. The van der Waals surface area contributed by atoms with Crippen molar-refractivity contribution >= 4 is 10.0 Å². The van der Waals surface area contributed by atoms with Crippen LogP contribution in [0.25, 0.3) is 0 Å². The van der Waals surface area contributed by atoms with Gasteiger partial charge in [0.15, 0.2) is 0 Å². The Morgan fingerprint density at radius 1 is 1.18 bits per heavy atom. The zero-order valence-electron chi connectivity index (χ0n) is 10.4. The standard InChI is InChI=1S/C12H19NO3S/c1-4-10(5-2)13(3)17(15,16)12-8-6-11(14)7-9-12/h6-10,14H,4-5H2,1-3H3. The second-order valence-corrected chi connectivity index (χ2v) is 5.98. The molecule has 0 bridgehead atoms. The summed E-state index contributed by atoms with van der Waals surface area (Å²) in [7, 11) is -1.86. The van der Waals surface area contributed by atoms with E-state index in [-0.39, 0.29) is 16.7 Å². The fourth-order valence-corrected chi connectivity index (χ4v) is 3.29. The summed E-state index contributed by atoms with van der Waals surface area (Å²) in [5, 5.41) is 9.15. The van der Waals surface area contributed by atoms with Crippen LogP contribution in [-0.4, -0.2) is 30.9 Å². The zero-order chi connectivity index (χ0) is 13.1. The highest BCUT2D eigenvalue weighted by Crippen LogP contribution is 2.21.